The molecule has 6 N–H and O–H groups in total. The summed E-state index contributed by atoms with van der Waals surface area (Å²) in [6.45, 7) is 0. The van der Waals surface area contributed by atoms with Crippen LogP contribution in [-0.2, 0) is 9.53 Å². The first kappa shape index (κ1) is 10.4. The lowest BCUT2D eigenvalue weighted by Crippen LogP contribution is -2.63. The van der Waals surface area contributed by atoms with Gasteiger partial charge in [0.1, 0.15) is 12.2 Å². The third kappa shape index (κ3) is 1.79. The van der Waals surface area contributed by atoms with Crippen molar-refractivity contribution in [3.05, 3.63) is 0 Å². The number of ether oxygens (including phenoxy) is 1. The molecule has 1 aliphatic rings. The summed E-state index contributed by atoms with van der Waals surface area (Å²) < 4.78 is 4.46. The van der Waals surface area contributed by atoms with Crippen LogP contribution in [0.1, 0.15) is 0 Å². The normalized spacial score (nSPS) is 46.0. The van der Waals surface area contributed by atoms with Crippen LogP contribution in [0, 0.1) is 0 Å². The molecule has 5 atom stereocenters. The second-order valence-electron chi connectivity index (χ2n) is 2.84. The van der Waals surface area contributed by atoms with Gasteiger partial charge in [-0.3, -0.25) is 0 Å². The molecule has 7 nitrogen and oxygen atoms in total. The Kier molecular flexibility index (Phi) is 2.84. The first-order chi connectivity index (χ1) is 5.95. The molecular weight excluding hydrogens is 182 g/mol. The van der Waals surface area contributed by atoms with E-state index >= 15 is 0 Å². The Hall–Kier alpha value is -0.730. The van der Waals surface area contributed by atoms with Crippen molar-refractivity contribution < 1.29 is 30.0 Å². The number of carboxylic acid groups (broad SMARTS) is 1. The zero-order valence-corrected chi connectivity index (χ0v) is 6.57. The van der Waals surface area contributed by atoms with Crippen LogP contribution >= 0.6 is 0 Å². The fourth-order valence-corrected chi connectivity index (χ4v) is 1.12. The Morgan fingerprint density at radius 1 is 1.23 bits per heavy atom. The van der Waals surface area contributed by atoms with Crippen LogP contribution < -0.4 is 5.73 Å². The van der Waals surface area contributed by atoms with Gasteiger partial charge in [0, 0.05) is 0 Å². The largest absolute Gasteiger partial charge is 0.479 e. The lowest BCUT2D eigenvalue weighted by Gasteiger charge is -2.36. The molecule has 0 aromatic heterocycles. The van der Waals surface area contributed by atoms with Gasteiger partial charge in [0.25, 0.3) is 0 Å². The molecule has 1 fully saturated rings. The highest BCUT2D eigenvalue weighted by atomic mass is 16.6. The molecule has 1 aliphatic heterocycles. The van der Waals surface area contributed by atoms with Gasteiger partial charge in [0.2, 0.25) is 0 Å². The third-order valence-corrected chi connectivity index (χ3v) is 1.92. The van der Waals surface area contributed by atoms with Gasteiger partial charge >= 0.3 is 5.97 Å². The fourth-order valence-electron chi connectivity index (χ4n) is 1.12. The number of carbonyl (C=O) groups is 1. The summed E-state index contributed by atoms with van der Waals surface area (Å²) in [4.78, 5) is 10.5. The summed E-state index contributed by atoms with van der Waals surface area (Å²) in [6, 6.07) is -1.25. The van der Waals surface area contributed by atoms with E-state index in [1.807, 2.05) is 0 Å². The third-order valence-electron chi connectivity index (χ3n) is 1.92. The van der Waals surface area contributed by atoms with Gasteiger partial charge in [0.05, 0.1) is 6.04 Å². The minimum absolute atomic E-state index is 1.25. The molecule has 0 aliphatic carbocycles. The Morgan fingerprint density at radius 3 is 2.23 bits per heavy atom. The summed E-state index contributed by atoms with van der Waals surface area (Å²) in [5, 5.41) is 35.6. The first-order valence-electron chi connectivity index (χ1n) is 3.63. The van der Waals surface area contributed by atoms with E-state index in [-0.39, 0.29) is 0 Å². The minimum Gasteiger partial charge on any atom is -0.479 e. The molecule has 0 radical (unpaired) electrons. The zero-order valence-electron chi connectivity index (χ0n) is 6.57. The second-order valence-corrected chi connectivity index (χ2v) is 2.84. The number of carboxylic acids is 1. The molecule has 0 bridgehead atoms. The monoisotopic (exact) mass is 193 g/mol. The molecular formula is C6H11NO6. The molecule has 0 amide bonds. The van der Waals surface area contributed by atoms with Gasteiger partial charge in [-0.2, -0.15) is 0 Å². The van der Waals surface area contributed by atoms with E-state index in [0.717, 1.165) is 0 Å². The highest BCUT2D eigenvalue weighted by molar-refractivity contribution is 5.73. The number of aliphatic hydroxyl groups is 3. The minimum atomic E-state index is -1.73. The summed E-state index contributed by atoms with van der Waals surface area (Å²) >= 11 is 0. The van der Waals surface area contributed by atoms with Gasteiger partial charge in [-0.25, -0.2) is 4.79 Å². The summed E-state index contributed by atoms with van der Waals surface area (Å²) in [5.41, 5.74) is 5.25. The molecule has 1 saturated heterocycles. The second kappa shape index (κ2) is 3.56. The van der Waals surface area contributed by atoms with Crippen LogP contribution in [-0.4, -0.2) is 57.0 Å². The molecule has 1 heterocycles. The van der Waals surface area contributed by atoms with Crippen molar-refractivity contribution in [2.75, 3.05) is 0 Å². The Morgan fingerprint density at radius 2 is 1.77 bits per heavy atom. The average Bonchev–Trinajstić information content (AvgIpc) is 2.07. The predicted octanol–water partition coefficient (Wildman–Crippen LogP) is -3.16. The zero-order chi connectivity index (χ0) is 10.2. The van der Waals surface area contributed by atoms with E-state index < -0.39 is 36.6 Å². The van der Waals surface area contributed by atoms with Crippen LogP contribution in [0.4, 0.5) is 0 Å². The van der Waals surface area contributed by atoms with Crippen molar-refractivity contribution in [1.29, 1.82) is 0 Å². The molecule has 0 aromatic rings. The molecule has 0 aromatic carbocycles. The number of hydrogen-bond acceptors (Lipinski definition) is 6. The van der Waals surface area contributed by atoms with Gasteiger partial charge < -0.3 is 30.9 Å². The molecule has 0 spiro atoms. The summed E-state index contributed by atoms with van der Waals surface area (Å²) in [5.74, 6) is -1.39. The molecule has 13 heavy (non-hydrogen) atoms. The van der Waals surface area contributed by atoms with E-state index in [0.29, 0.717) is 0 Å². The van der Waals surface area contributed by atoms with Crippen molar-refractivity contribution >= 4 is 5.97 Å². The van der Waals surface area contributed by atoms with Gasteiger partial charge in [-0.1, -0.05) is 0 Å². The van der Waals surface area contributed by atoms with Crippen molar-refractivity contribution in [2.24, 2.45) is 5.73 Å². The molecule has 5 unspecified atom stereocenters. The number of aliphatic hydroxyl groups excluding tert-OH is 3. The van der Waals surface area contributed by atoms with E-state index in [4.69, 9.17) is 26.2 Å². The highest BCUT2D eigenvalue weighted by Gasteiger charge is 2.45. The van der Waals surface area contributed by atoms with E-state index in [2.05, 4.69) is 4.74 Å². The smallest absolute Gasteiger partial charge is 0.334 e. The topological polar surface area (TPSA) is 133 Å². The molecule has 76 valence electrons. The average molecular weight is 193 g/mol. The molecule has 0 saturated carbocycles. The predicted molar refractivity (Wildman–Crippen MR) is 38.5 cm³/mol. The Balaban J connectivity index is 2.76. The quantitative estimate of drug-likeness (QED) is 0.296. The molecule has 1 rings (SSSR count). The van der Waals surface area contributed by atoms with Crippen LogP contribution in [0.25, 0.3) is 0 Å². The van der Waals surface area contributed by atoms with Crippen LogP contribution in [0.15, 0.2) is 0 Å². The Labute approximate surface area is 73.4 Å². The van der Waals surface area contributed by atoms with Gasteiger partial charge in [0.15, 0.2) is 12.4 Å². The highest BCUT2D eigenvalue weighted by Crippen LogP contribution is 2.18. The summed E-state index contributed by atoms with van der Waals surface area (Å²) in [7, 11) is 0. The van der Waals surface area contributed by atoms with Crippen molar-refractivity contribution in [2.45, 2.75) is 30.6 Å². The first-order valence-corrected chi connectivity index (χ1v) is 3.63. The van der Waals surface area contributed by atoms with Crippen molar-refractivity contribution in [3.63, 3.8) is 0 Å². The van der Waals surface area contributed by atoms with Crippen LogP contribution in [0.3, 0.4) is 0 Å². The van der Waals surface area contributed by atoms with E-state index in [1.54, 1.807) is 0 Å². The van der Waals surface area contributed by atoms with E-state index in [1.165, 1.54) is 0 Å². The number of aliphatic carboxylic acids is 1. The van der Waals surface area contributed by atoms with Crippen molar-refractivity contribution in [3.8, 4) is 0 Å². The summed E-state index contributed by atoms with van der Waals surface area (Å²) in [6.07, 6.45) is -6.32. The lowest BCUT2D eigenvalue weighted by atomic mass is 9.97. The van der Waals surface area contributed by atoms with Gasteiger partial charge in [-0.15, -0.1) is 0 Å². The lowest BCUT2D eigenvalue weighted by molar-refractivity contribution is -0.254. The maximum absolute atomic E-state index is 10.5. The van der Waals surface area contributed by atoms with Gasteiger partial charge in [-0.05, 0) is 0 Å². The standard InChI is InChI=1S/C6H11NO6/c7-1-2(8)3(9)6(12)13-4(1)5(10)11/h1-4,6,8-9,12H,7H2,(H,10,11). The number of rotatable bonds is 1. The number of hydrogen-bond donors (Lipinski definition) is 5. The maximum Gasteiger partial charge on any atom is 0.334 e. The van der Waals surface area contributed by atoms with E-state index in [9.17, 15) is 4.79 Å². The molecule has 7 heteroatoms. The van der Waals surface area contributed by atoms with Crippen molar-refractivity contribution in [1.82, 2.24) is 0 Å². The fraction of sp³-hybridized carbons (Fsp3) is 0.833. The van der Waals surface area contributed by atoms with Crippen LogP contribution in [0.2, 0.25) is 0 Å². The maximum atomic E-state index is 10.5. The SMILES string of the molecule is NC1C(C(=O)O)OC(O)C(O)C1O. The Bertz CT molecular complexity index is 209. The number of nitrogens with two attached hydrogens (primary N) is 1. The van der Waals surface area contributed by atoms with Crippen LogP contribution in [0.5, 0.6) is 0 Å².